The van der Waals surface area contributed by atoms with E-state index in [2.05, 4.69) is 63.2 Å². The average Bonchev–Trinajstić information content (AvgIpc) is 2.32. The first-order chi connectivity index (χ1) is 8.52. The molecule has 1 atom stereocenters. The standard InChI is InChI=1S/C16H28N2/c1-6-8-17-15(4)7-9-18(5)16-11-13(2)10-14(3)12-16/h10-12,15,17H,6-9H2,1-5H3. The third-order valence-corrected chi connectivity index (χ3v) is 3.29. The van der Waals surface area contributed by atoms with Crippen LogP contribution in [0.25, 0.3) is 0 Å². The van der Waals surface area contributed by atoms with Gasteiger partial charge in [0.2, 0.25) is 0 Å². The smallest absolute Gasteiger partial charge is 0.0368 e. The highest BCUT2D eigenvalue weighted by Crippen LogP contribution is 2.17. The first-order valence-corrected chi connectivity index (χ1v) is 7.05. The molecule has 0 heterocycles. The molecule has 102 valence electrons. The molecule has 1 rings (SSSR count). The summed E-state index contributed by atoms with van der Waals surface area (Å²) < 4.78 is 0. The van der Waals surface area contributed by atoms with Gasteiger partial charge < -0.3 is 10.2 Å². The lowest BCUT2D eigenvalue weighted by Crippen LogP contribution is -2.31. The van der Waals surface area contributed by atoms with Gasteiger partial charge in [0.15, 0.2) is 0 Å². The van der Waals surface area contributed by atoms with Crippen LogP contribution >= 0.6 is 0 Å². The van der Waals surface area contributed by atoms with Crippen molar-refractivity contribution in [3.63, 3.8) is 0 Å². The topological polar surface area (TPSA) is 15.3 Å². The zero-order chi connectivity index (χ0) is 13.5. The minimum atomic E-state index is 0.596. The molecule has 0 aliphatic carbocycles. The Morgan fingerprint density at radius 2 is 1.78 bits per heavy atom. The number of rotatable bonds is 7. The fourth-order valence-corrected chi connectivity index (χ4v) is 2.18. The van der Waals surface area contributed by atoms with E-state index in [1.165, 1.54) is 29.7 Å². The Hall–Kier alpha value is -1.02. The van der Waals surface area contributed by atoms with E-state index in [-0.39, 0.29) is 0 Å². The van der Waals surface area contributed by atoms with Gasteiger partial charge in [-0.2, -0.15) is 0 Å². The van der Waals surface area contributed by atoms with Gasteiger partial charge in [-0.25, -0.2) is 0 Å². The summed E-state index contributed by atoms with van der Waals surface area (Å²) in [6.45, 7) is 11.0. The first kappa shape index (κ1) is 15.0. The second-order valence-corrected chi connectivity index (χ2v) is 5.41. The van der Waals surface area contributed by atoms with Crippen LogP contribution in [-0.2, 0) is 0 Å². The summed E-state index contributed by atoms with van der Waals surface area (Å²) in [6, 6.07) is 7.34. The Morgan fingerprint density at radius 3 is 2.33 bits per heavy atom. The number of nitrogens with zero attached hydrogens (tertiary/aromatic N) is 1. The fraction of sp³-hybridized carbons (Fsp3) is 0.625. The molecule has 0 radical (unpaired) electrons. The first-order valence-electron chi connectivity index (χ1n) is 7.05. The third-order valence-electron chi connectivity index (χ3n) is 3.29. The third kappa shape index (κ3) is 5.09. The zero-order valence-corrected chi connectivity index (χ0v) is 12.6. The van der Waals surface area contributed by atoms with Crippen molar-refractivity contribution >= 4 is 5.69 Å². The van der Waals surface area contributed by atoms with Gasteiger partial charge in [-0.15, -0.1) is 0 Å². The van der Waals surface area contributed by atoms with Gasteiger partial charge in [0, 0.05) is 25.3 Å². The van der Waals surface area contributed by atoms with E-state index in [0.29, 0.717) is 6.04 Å². The van der Waals surface area contributed by atoms with Crippen molar-refractivity contribution in [3.05, 3.63) is 29.3 Å². The molecule has 0 aromatic heterocycles. The molecule has 0 saturated heterocycles. The van der Waals surface area contributed by atoms with Gasteiger partial charge in [-0.05, 0) is 63.4 Å². The number of benzene rings is 1. The van der Waals surface area contributed by atoms with E-state index in [0.717, 1.165) is 13.1 Å². The molecule has 0 aliphatic rings. The van der Waals surface area contributed by atoms with Gasteiger partial charge >= 0.3 is 0 Å². The molecule has 1 aromatic rings. The molecule has 1 aromatic carbocycles. The molecule has 0 fully saturated rings. The maximum absolute atomic E-state index is 3.54. The molecule has 2 heteroatoms. The second-order valence-electron chi connectivity index (χ2n) is 5.41. The molecule has 0 spiro atoms. The number of hydrogen-bond donors (Lipinski definition) is 1. The molecule has 2 nitrogen and oxygen atoms in total. The number of nitrogens with one attached hydrogen (secondary N) is 1. The van der Waals surface area contributed by atoms with E-state index < -0.39 is 0 Å². The van der Waals surface area contributed by atoms with Crippen molar-refractivity contribution in [1.82, 2.24) is 5.32 Å². The Bertz CT molecular complexity index is 340. The maximum atomic E-state index is 3.54. The quantitative estimate of drug-likeness (QED) is 0.794. The van der Waals surface area contributed by atoms with Crippen LogP contribution in [0.3, 0.4) is 0 Å². The van der Waals surface area contributed by atoms with Crippen molar-refractivity contribution in [3.8, 4) is 0 Å². The molecule has 0 amide bonds. The fourth-order valence-electron chi connectivity index (χ4n) is 2.18. The molecule has 1 N–H and O–H groups in total. The molecule has 0 bridgehead atoms. The summed E-state index contributed by atoms with van der Waals surface area (Å²) in [5, 5.41) is 3.54. The monoisotopic (exact) mass is 248 g/mol. The number of anilines is 1. The van der Waals surface area contributed by atoms with Crippen LogP contribution in [0.2, 0.25) is 0 Å². The van der Waals surface area contributed by atoms with E-state index in [9.17, 15) is 0 Å². The minimum absolute atomic E-state index is 0.596. The Labute approximate surface area is 112 Å². The van der Waals surface area contributed by atoms with Crippen molar-refractivity contribution < 1.29 is 0 Å². The van der Waals surface area contributed by atoms with Crippen LogP contribution in [0.15, 0.2) is 18.2 Å². The summed E-state index contributed by atoms with van der Waals surface area (Å²) in [5.41, 5.74) is 4.01. The molecule has 18 heavy (non-hydrogen) atoms. The second kappa shape index (κ2) is 7.42. The van der Waals surface area contributed by atoms with Crippen molar-refractivity contribution in [2.45, 2.75) is 46.6 Å². The maximum Gasteiger partial charge on any atom is 0.0368 e. The van der Waals surface area contributed by atoms with Crippen molar-refractivity contribution in [2.24, 2.45) is 0 Å². The molecular formula is C16H28N2. The normalized spacial score (nSPS) is 12.5. The van der Waals surface area contributed by atoms with Crippen molar-refractivity contribution in [1.29, 1.82) is 0 Å². The Kier molecular flexibility index (Phi) is 6.20. The predicted octanol–water partition coefficient (Wildman–Crippen LogP) is 3.52. The summed E-state index contributed by atoms with van der Waals surface area (Å²) in [4.78, 5) is 2.35. The summed E-state index contributed by atoms with van der Waals surface area (Å²) >= 11 is 0. The Balaban J connectivity index is 2.47. The summed E-state index contributed by atoms with van der Waals surface area (Å²) in [7, 11) is 2.18. The highest BCUT2D eigenvalue weighted by atomic mass is 15.1. The average molecular weight is 248 g/mol. The van der Waals surface area contributed by atoms with Crippen LogP contribution < -0.4 is 10.2 Å². The summed E-state index contributed by atoms with van der Waals surface area (Å²) in [5.74, 6) is 0. The highest BCUT2D eigenvalue weighted by Gasteiger charge is 2.05. The lowest BCUT2D eigenvalue weighted by Gasteiger charge is -2.23. The van der Waals surface area contributed by atoms with Crippen LogP contribution in [0, 0.1) is 13.8 Å². The number of hydrogen-bond acceptors (Lipinski definition) is 2. The summed E-state index contributed by atoms with van der Waals surface area (Å²) in [6.07, 6.45) is 2.39. The van der Waals surface area contributed by atoms with Gasteiger partial charge in [-0.1, -0.05) is 13.0 Å². The van der Waals surface area contributed by atoms with Gasteiger partial charge in [0.25, 0.3) is 0 Å². The van der Waals surface area contributed by atoms with Gasteiger partial charge in [0.05, 0.1) is 0 Å². The highest BCUT2D eigenvalue weighted by molar-refractivity contribution is 5.50. The van der Waals surface area contributed by atoms with Gasteiger partial charge in [-0.3, -0.25) is 0 Å². The Morgan fingerprint density at radius 1 is 1.17 bits per heavy atom. The van der Waals surface area contributed by atoms with E-state index in [1.807, 2.05) is 0 Å². The largest absolute Gasteiger partial charge is 0.375 e. The van der Waals surface area contributed by atoms with Crippen molar-refractivity contribution in [2.75, 3.05) is 25.0 Å². The SMILES string of the molecule is CCCNC(C)CCN(C)c1cc(C)cc(C)c1. The number of aryl methyl sites for hydroxylation is 2. The molecule has 0 saturated carbocycles. The zero-order valence-electron chi connectivity index (χ0n) is 12.6. The van der Waals surface area contributed by atoms with E-state index in [4.69, 9.17) is 0 Å². The van der Waals surface area contributed by atoms with E-state index in [1.54, 1.807) is 0 Å². The van der Waals surface area contributed by atoms with Crippen LogP contribution in [0.1, 0.15) is 37.8 Å². The van der Waals surface area contributed by atoms with Gasteiger partial charge in [0.1, 0.15) is 0 Å². The van der Waals surface area contributed by atoms with Crippen LogP contribution in [0.4, 0.5) is 5.69 Å². The molecular weight excluding hydrogens is 220 g/mol. The molecule has 1 unspecified atom stereocenters. The minimum Gasteiger partial charge on any atom is -0.375 e. The predicted molar refractivity (Wildman–Crippen MR) is 81.6 cm³/mol. The van der Waals surface area contributed by atoms with E-state index >= 15 is 0 Å². The van der Waals surface area contributed by atoms with Crippen LogP contribution in [0.5, 0.6) is 0 Å². The molecule has 0 aliphatic heterocycles. The lowest BCUT2D eigenvalue weighted by molar-refractivity contribution is 0.514. The lowest BCUT2D eigenvalue weighted by atomic mass is 10.1. The van der Waals surface area contributed by atoms with Crippen LogP contribution in [-0.4, -0.2) is 26.2 Å².